The van der Waals surface area contributed by atoms with Crippen LogP contribution in [-0.4, -0.2) is 29.2 Å². The summed E-state index contributed by atoms with van der Waals surface area (Å²) in [7, 11) is 0. The third-order valence-corrected chi connectivity index (χ3v) is 1.19. The van der Waals surface area contributed by atoms with E-state index in [9.17, 15) is 14.4 Å². The molecule has 0 saturated heterocycles. The van der Waals surface area contributed by atoms with Crippen molar-refractivity contribution in [3.63, 3.8) is 0 Å². The highest BCUT2D eigenvalue weighted by molar-refractivity contribution is 6.32. The zero-order valence-corrected chi connectivity index (χ0v) is 11.4. The first-order valence-electron chi connectivity index (χ1n) is 5.33. The number of esters is 1. The second-order valence-corrected chi connectivity index (χ2v) is 5.49. The summed E-state index contributed by atoms with van der Waals surface area (Å²) in [6, 6.07) is 0. The Morgan fingerprint density at radius 3 is 1.61 bits per heavy atom. The van der Waals surface area contributed by atoms with E-state index in [2.05, 4.69) is 10.2 Å². The van der Waals surface area contributed by atoms with E-state index in [0.29, 0.717) is 0 Å². The lowest BCUT2D eigenvalue weighted by Crippen LogP contribution is -2.28. The molecule has 0 aromatic carbocycles. The van der Waals surface area contributed by atoms with Crippen molar-refractivity contribution in [2.75, 3.05) is 0 Å². The van der Waals surface area contributed by atoms with Crippen molar-refractivity contribution in [1.82, 2.24) is 0 Å². The number of ether oxygens (including phenoxy) is 2. The largest absolute Gasteiger partial charge is 0.453 e. The van der Waals surface area contributed by atoms with Crippen molar-refractivity contribution in [2.24, 2.45) is 10.2 Å². The maximum Gasteiger partial charge on any atom is 0.453 e. The predicted octanol–water partition coefficient (Wildman–Crippen LogP) is 2.24. The van der Waals surface area contributed by atoms with Crippen molar-refractivity contribution in [3.05, 3.63) is 0 Å². The zero-order valence-electron chi connectivity index (χ0n) is 11.4. The van der Waals surface area contributed by atoms with Crippen LogP contribution in [0.25, 0.3) is 0 Å². The highest BCUT2D eigenvalue weighted by Crippen LogP contribution is 2.09. The first-order chi connectivity index (χ1) is 7.91. The summed E-state index contributed by atoms with van der Waals surface area (Å²) >= 11 is 0. The van der Waals surface area contributed by atoms with Crippen molar-refractivity contribution in [1.29, 1.82) is 0 Å². The lowest BCUT2D eigenvalue weighted by molar-refractivity contribution is -0.162. The molecule has 0 heterocycles. The van der Waals surface area contributed by atoms with Gasteiger partial charge < -0.3 is 9.47 Å². The van der Waals surface area contributed by atoms with Crippen LogP contribution in [0.3, 0.4) is 0 Å². The van der Waals surface area contributed by atoms with E-state index in [1.807, 2.05) is 0 Å². The molecule has 0 fully saturated rings. The van der Waals surface area contributed by atoms with Crippen LogP contribution < -0.4 is 0 Å². The number of hydrogen-bond acceptors (Lipinski definition) is 5. The summed E-state index contributed by atoms with van der Waals surface area (Å²) in [4.78, 5) is 33.4. The molecule has 0 radical (unpaired) electrons. The van der Waals surface area contributed by atoms with Crippen LogP contribution in [0.1, 0.15) is 41.5 Å². The van der Waals surface area contributed by atoms with Crippen LogP contribution in [0.5, 0.6) is 0 Å². The number of rotatable bonds is 0. The molecule has 0 bridgehead atoms. The molecule has 0 aliphatic carbocycles. The summed E-state index contributed by atoms with van der Waals surface area (Å²) in [6.07, 6.45) is -1.04. The summed E-state index contributed by atoms with van der Waals surface area (Å²) in [6.45, 7) is 9.71. The summed E-state index contributed by atoms with van der Waals surface area (Å²) < 4.78 is 9.50. The van der Waals surface area contributed by atoms with E-state index in [1.165, 1.54) is 0 Å². The fraction of sp³-hybridized carbons (Fsp3) is 0.727. The van der Waals surface area contributed by atoms with Gasteiger partial charge in [-0.1, -0.05) is 10.2 Å². The Hall–Kier alpha value is -1.79. The molecule has 0 unspecified atom stereocenters. The van der Waals surface area contributed by atoms with Crippen LogP contribution in [0.15, 0.2) is 10.2 Å². The molecule has 0 N–H and O–H groups in total. The van der Waals surface area contributed by atoms with Gasteiger partial charge in [0.2, 0.25) is 0 Å². The Kier molecular flexibility index (Phi) is 5.13. The second-order valence-electron chi connectivity index (χ2n) is 5.49. The van der Waals surface area contributed by atoms with Crippen molar-refractivity contribution < 1.29 is 23.9 Å². The Morgan fingerprint density at radius 1 is 0.778 bits per heavy atom. The van der Waals surface area contributed by atoms with E-state index in [-0.39, 0.29) is 0 Å². The average molecular weight is 258 g/mol. The van der Waals surface area contributed by atoms with E-state index in [0.717, 1.165) is 0 Å². The lowest BCUT2D eigenvalue weighted by atomic mass is 10.2. The Bertz CT molecular complexity index is 374. The molecule has 2 amide bonds. The number of carbonyl (C=O) groups is 3. The third-order valence-electron chi connectivity index (χ3n) is 1.19. The van der Waals surface area contributed by atoms with Crippen molar-refractivity contribution in [3.8, 4) is 0 Å². The van der Waals surface area contributed by atoms with Crippen molar-refractivity contribution in [2.45, 2.75) is 52.7 Å². The molecule has 7 nitrogen and oxygen atoms in total. The predicted molar refractivity (Wildman–Crippen MR) is 61.9 cm³/mol. The van der Waals surface area contributed by atoms with Crippen LogP contribution in [-0.2, 0) is 19.1 Å². The Morgan fingerprint density at radius 2 is 1.22 bits per heavy atom. The molecule has 0 spiro atoms. The minimum atomic E-state index is -1.25. The van der Waals surface area contributed by atoms with Gasteiger partial charge in [0.05, 0.1) is 0 Å². The minimum Gasteiger partial charge on any atom is -0.453 e. The smallest absolute Gasteiger partial charge is 0.453 e. The first kappa shape index (κ1) is 16.2. The van der Waals surface area contributed by atoms with Gasteiger partial charge in [0.1, 0.15) is 11.2 Å². The topological polar surface area (TPSA) is 94.4 Å². The number of azo groups is 1. The van der Waals surface area contributed by atoms with Gasteiger partial charge in [0, 0.05) is 0 Å². The standard InChI is InChI=1S/C11H18N2O5/c1-10(2,3)17-8(15)7(14)12-13-9(16)18-11(4,5)6/h1-6H3/b13-12+. The molecule has 102 valence electrons. The second kappa shape index (κ2) is 5.70. The van der Waals surface area contributed by atoms with E-state index >= 15 is 0 Å². The normalized spacial score (nSPS) is 12.3. The van der Waals surface area contributed by atoms with Gasteiger partial charge in [0.25, 0.3) is 0 Å². The maximum absolute atomic E-state index is 11.2. The molecule has 7 heteroatoms. The molecule has 0 aliphatic rings. The Labute approximate surface area is 106 Å². The molecule has 0 rings (SSSR count). The van der Waals surface area contributed by atoms with Crippen molar-refractivity contribution >= 4 is 18.0 Å². The first-order valence-corrected chi connectivity index (χ1v) is 5.33. The molecular weight excluding hydrogens is 240 g/mol. The Balaban J connectivity index is 4.40. The van der Waals surface area contributed by atoms with Crippen LogP contribution in [0, 0.1) is 0 Å². The zero-order chi connectivity index (χ0) is 14.6. The highest BCUT2D eigenvalue weighted by atomic mass is 16.6. The number of amides is 2. The molecular formula is C11H18N2O5. The van der Waals surface area contributed by atoms with Gasteiger partial charge in [-0.3, -0.25) is 4.79 Å². The molecule has 0 aromatic rings. The van der Waals surface area contributed by atoms with E-state index < -0.39 is 29.2 Å². The van der Waals surface area contributed by atoms with Gasteiger partial charge in [-0.15, -0.1) is 0 Å². The molecule has 18 heavy (non-hydrogen) atoms. The fourth-order valence-electron chi connectivity index (χ4n) is 0.731. The lowest BCUT2D eigenvalue weighted by Gasteiger charge is -2.17. The molecule has 0 aromatic heterocycles. The quantitative estimate of drug-likeness (QED) is 0.377. The van der Waals surface area contributed by atoms with Crippen LogP contribution >= 0.6 is 0 Å². The number of nitrogens with zero attached hydrogens (tertiary/aromatic N) is 2. The van der Waals surface area contributed by atoms with Crippen LogP contribution in [0.2, 0.25) is 0 Å². The third kappa shape index (κ3) is 8.37. The van der Waals surface area contributed by atoms with Gasteiger partial charge in [0.15, 0.2) is 0 Å². The van der Waals surface area contributed by atoms with Gasteiger partial charge >= 0.3 is 18.0 Å². The molecule has 0 aliphatic heterocycles. The number of carbonyl (C=O) groups excluding carboxylic acids is 3. The monoisotopic (exact) mass is 258 g/mol. The van der Waals surface area contributed by atoms with E-state index in [1.54, 1.807) is 41.5 Å². The molecule has 0 saturated carbocycles. The van der Waals surface area contributed by atoms with Gasteiger partial charge in [-0.25, -0.2) is 9.59 Å². The maximum atomic E-state index is 11.2. The van der Waals surface area contributed by atoms with Gasteiger partial charge in [-0.2, -0.15) is 0 Å². The number of hydrogen-bond donors (Lipinski definition) is 0. The van der Waals surface area contributed by atoms with E-state index in [4.69, 9.17) is 9.47 Å². The highest BCUT2D eigenvalue weighted by Gasteiger charge is 2.23. The summed E-state index contributed by atoms with van der Waals surface area (Å²) in [5.41, 5.74) is -1.56. The molecule has 0 atom stereocenters. The van der Waals surface area contributed by atoms with Crippen LogP contribution in [0.4, 0.5) is 4.79 Å². The average Bonchev–Trinajstić information content (AvgIpc) is 2.08. The SMILES string of the molecule is CC(C)(C)OC(=O)/N=N/C(=O)C(=O)OC(C)(C)C. The fourth-order valence-corrected chi connectivity index (χ4v) is 0.731. The minimum absolute atomic E-state index is 0.745. The summed E-state index contributed by atoms with van der Waals surface area (Å²) in [5, 5.41) is 5.90. The van der Waals surface area contributed by atoms with Gasteiger partial charge in [-0.05, 0) is 41.5 Å². The summed E-state index contributed by atoms with van der Waals surface area (Å²) in [5.74, 6) is -2.43.